The number of nitrogens with one attached hydrogen (secondary N) is 1. The molecular weight excluding hydrogens is 196 g/mol. The van der Waals surface area contributed by atoms with E-state index in [4.69, 9.17) is 9.84 Å². The van der Waals surface area contributed by atoms with Crippen LogP contribution in [-0.2, 0) is 9.53 Å². The number of nitrogens with zero attached hydrogens (tertiary/aromatic N) is 1. The van der Waals surface area contributed by atoms with Gasteiger partial charge in [-0.05, 0) is 19.4 Å². The zero-order valence-corrected chi connectivity index (χ0v) is 9.24. The molecule has 0 aromatic heterocycles. The third-order valence-corrected chi connectivity index (χ3v) is 2.59. The van der Waals surface area contributed by atoms with Gasteiger partial charge in [-0.2, -0.15) is 0 Å². The smallest absolute Gasteiger partial charge is 0.248 e. The topological polar surface area (TPSA) is 61.8 Å². The standard InChI is InChI=1S/C10H20N2O3/c1-15-8-10(14)12(5-6-13)7-9-3-2-4-11-9/h9,11,13H,2-8H2,1H3. The van der Waals surface area contributed by atoms with Gasteiger partial charge in [-0.25, -0.2) is 0 Å². The molecule has 0 aliphatic carbocycles. The van der Waals surface area contributed by atoms with Crippen molar-refractivity contribution >= 4 is 5.91 Å². The lowest BCUT2D eigenvalue weighted by atomic mass is 10.2. The van der Waals surface area contributed by atoms with Crippen LogP contribution in [0.2, 0.25) is 0 Å². The van der Waals surface area contributed by atoms with E-state index in [1.807, 2.05) is 0 Å². The van der Waals surface area contributed by atoms with Crippen LogP contribution in [-0.4, -0.2) is 61.9 Å². The second kappa shape index (κ2) is 6.76. The van der Waals surface area contributed by atoms with Crippen LogP contribution in [0.5, 0.6) is 0 Å². The summed E-state index contributed by atoms with van der Waals surface area (Å²) in [5, 5.41) is 12.2. The largest absolute Gasteiger partial charge is 0.395 e. The molecule has 1 heterocycles. The predicted molar refractivity (Wildman–Crippen MR) is 56.6 cm³/mol. The molecule has 1 saturated heterocycles. The lowest BCUT2D eigenvalue weighted by Gasteiger charge is -2.24. The fraction of sp³-hybridized carbons (Fsp3) is 0.900. The lowest BCUT2D eigenvalue weighted by molar-refractivity contribution is -0.136. The van der Waals surface area contributed by atoms with Gasteiger partial charge in [-0.3, -0.25) is 4.79 Å². The van der Waals surface area contributed by atoms with Gasteiger partial charge in [0, 0.05) is 26.2 Å². The highest BCUT2D eigenvalue weighted by atomic mass is 16.5. The SMILES string of the molecule is COCC(=O)N(CCO)CC1CCCN1. The third kappa shape index (κ3) is 4.15. The van der Waals surface area contributed by atoms with Crippen molar-refractivity contribution in [3.05, 3.63) is 0 Å². The third-order valence-electron chi connectivity index (χ3n) is 2.59. The van der Waals surface area contributed by atoms with Crippen LogP contribution in [0.25, 0.3) is 0 Å². The van der Waals surface area contributed by atoms with Gasteiger partial charge in [-0.1, -0.05) is 0 Å². The van der Waals surface area contributed by atoms with Crippen LogP contribution in [0.3, 0.4) is 0 Å². The summed E-state index contributed by atoms with van der Waals surface area (Å²) in [5.74, 6) is -0.0553. The number of rotatable bonds is 6. The maximum absolute atomic E-state index is 11.6. The minimum atomic E-state index is -0.0553. The summed E-state index contributed by atoms with van der Waals surface area (Å²) in [6, 6.07) is 0.373. The molecule has 2 N–H and O–H groups in total. The zero-order chi connectivity index (χ0) is 11.1. The van der Waals surface area contributed by atoms with E-state index >= 15 is 0 Å². The molecule has 5 heteroatoms. The number of carbonyl (C=O) groups excluding carboxylic acids is 1. The maximum atomic E-state index is 11.6. The highest BCUT2D eigenvalue weighted by molar-refractivity contribution is 5.77. The molecule has 88 valence electrons. The van der Waals surface area contributed by atoms with Gasteiger partial charge in [0.1, 0.15) is 6.61 Å². The predicted octanol–water partition coefficient (Wildman–Crippen LogP) is -0.794. The molecule has 0 aromatic rings. The summed E-state index contributed by atoms with van der Waals surface area (Å²) in [5.41, 5.74) is 0. The first-order chi connectivity index (χ1) is 7.27. The van der Waals surface area contributed by atoms with Gasteiger partial charge in [0.2, 0.25) is 5.91 Å². The number of hydrogen-bond acceptors (Lipinski definition) is 4. The fourth-order valence-corrected chi connectivity index (χ4v) is 1.83. The molecule has 0 aromatic carbocycles. The first-order valence-electron chi connectivity index (χ1n) is 5.39. The van der Waals surface area contributed by atoms with Crippen LogP contribution in [0.15, 0.2) is 0 Å². The maximum Gasteiger partial charge on any atom is 0.248 e. The monoisotopic (exact) mass is 216 g/mol. The van der Waals surface area contributed by atoms with Gasteiger partial charge < -0.3 is 20.1 Å². The second-order valence-corrected chi connectivity index (χ2v) is 3.79. The van der Waals surface area contributed by atoms with Crippen molar-refractivity contribution in [2.75, 3.05) is 40.0 Å². The Balaban J connectivity index is 2.37. The van der Waals surface area contributed by atoms with Crippen LogP contribution >= 0.6 is 0 Å². The number of aliphatic hydroxyl groups is 1. The molecule has 1 rings (SSSR count). The Morgan fingerprint density at radius 1 is 1.67 bits per heavy atom. The van der Waals surface area contributed by atoms with E-state index in [2.05, 4.69) is 5.32 Å². The van der Waals surface area contributed by atoms with Crippen molar-refractivity contribution in [2.24, 2.45) is 0 Å². The number of amides is 1. The molecular formula is C10H20N2O3. The molecule has 1 aliphatic heterocycles. The summed E-state index contributed by atoms with van der Waals surface area (Å²) in [7, 11) is 1.50. The van der Waals surface area contributed by atoms with Crippen molar-refractivity contribution in [3.8, 4) is 0 Å². The second-order valence-electron chi connectivity index (χ2n) is 3.79. The number of methoxy groups -OCH3 is 1. The van der Waals surface area contributed by atoms with Crippen molar-refractivity contribution in [2.45, 2.75) is 18.9 Å². The van der Waals surface area contributed by atoms with Crippen molar-refractivity contribution in [3.63, 3.8) is 0 Å². The Morgan fingerprint density at radius 2 is 2.47 bits per heavy atom. The number of ether oxygens (including phenoxy) is 1. The van der Waals surface area contributed by atoms with E-state index in [0.717, 1.165) is 19.4 Å². The Morgan fingerprint density at radius 3 is 3.00 bits per heavy atom. The number of carbonyl (C=O) groups is 1. The molecule has 15 heavy (non-hydrogen) atoms. The minimum absolute atomic E-state index is 0.00216. The van der Waals surface area contributed by atoms with Gasteiger partial charge in [0.25, 0.3) is 0 Å². The van der Waals surface area contributed by atoms with Crippen molar-refractivity contribution < 1.29 is 14.6 Å². The lowest BCUT2D eigenvalue weighted by Crippen LogP contribution is -2.43. The highest BCUT2D eigenvalue weighted by Gasteiger charge is 2.20. The fourth-order valence-electron chi connectivity index (χ4n) is 1.83. The molecule has 1 aliphatic rings. The van der Waals surface area contributed by atoms with E-state index < -0.39 is 0 Å². The van der Waals surface area contributed by atoms with Gasteiger partial charge >= 0.3 is 0 Å². The van der Waals surface area contributed by atoms with Gasteiger partial charge in [0.05, 0.1) is 6.61 Å². The zero-order valence-electron chi connectivity index (χ0n) is 9.24. The van der Waals surface area contributed by atoms with Crippen LogP contribution < -0.4 is 5.32 Å². The van der Waals surface area contributed by atoms with E-state index in [1.165, 1.54) is 7.11 Å². The number of aliphatic hydroxyl groups excluding tert-OH is 1. The summed E-state index contributed by atoms with van der Waals surface area (Å²) in [4.78, 5) is 13.2. The van der Waals surface area contributed by atoms with E-state index in [1.54, 1.807) is 4.90 Å². The quantitative estimate of drug-likeness (QED) is 0.610. The summed E-state index contributed by atoms with van der Waals surface area (Å²) in [6.07, 6.45) is 2.26. The molecule has 0 bridgehead atoms. The van der Waals surface area contributed by atoms with Crippen molar-refractivity contribution in [1.82, 2.24) is 10.2 Å². The Hall–Kier alpha value is -0.650. The van der Waals surface area contributed by atoms with E-state index in [0.29, 0.717) is 19.1 Å². The van der Waals surface area contributed by atoms with Gasteiger partial charge in [-0.15, -0.1) is 0 Å². The summed E-state index contributed by atoms with van der Waals surface area (Å²) < 4.78 is 4.80. The summed E-state index contributed by atoms with van der Waals surface area (Å²) >= 11 is 0. The molecule has 0 spiro atoms. The molecule has 1 atom stereocenters. The first kappa shape index (κ1) is 12.4. The van der Waals surface area contributed by atoms with Gasteiger partial charge in [0.15, 0.2) is 0 Å². The molecule has 1 amide bonds. The van der Waals surface area contributed by atoms with E-state index in [9.17, 15) is 4.79 Å². The average Bonchev–Trinajstić information content (AvgIpc) is 2.70. The Bertz CT molecular complexity index is 193. The first-order valence-corrected chi connectivity index (χ1v) is 5.39. The number of hydrogen-bond donors (Lipinski definition) is 2. The van der Waals surface area contributed by atoms with E-state index in [-0.39, 0.29) is 19.1 Å². The molecule has 1 fully saturated rings. The minimum Gasteiger partial charge on any atom is -0.395 e. The average molecular weight is 216 g/mol. The Kier molecular flexibility index (Phi) is 5.60. The normalized spacial score (nSPS) is 20.5. The van der Waals surface area contributed by atoms with Crippen molar-refractivity contribution in [1.29, 1.82) is 0 Å². The molecule has 0 radical (unpaired) electrons. The Labute approximate surface area is 90.4 Å². The summed E-state index contributed by atoms with van der Waals surface area (Å²) in [6.45, 7) is 2.17. The van der Waals surface area contributed by atoms with Crippen LogP contribution in [0.4, 0.5) is 0 Å². The highest BCUT2D eigenvalue weighted by Crippen LogP contribution is 2.07. The van der Waals surface area contributed by atoms with Crippen LogP contribution in [0.1, 0.15) is 12.8 Å². The molecule has 0 saturated carbocycles. The molecule has 1 unspecified atom stereocenters. The molecule has 5 nitrogen and oxygen atoms in total. The van der Waals surface area contributed by atoms with Crippen LogP contribution in [0, 0.1) is 0 Å².